The fraction of sp³-hybridized carbons (Fsp3) is 0. The summed E-state index contributed by atoms with van der Waals surface area (Å²) in [6.45, 7) is 0. The van der Waals surface area contributed by atoms with Crippen molar-refractivity contribution in [2.45, 2.75) is 0 Å². The Morgan fingerprint density at radius 2 is 1.11 bits per heavy atom. The summed E-state index contributed by atoms with van der Waals surface area (Å²) in [6, 6.07) is 0. The standard InChI is InChI=1S/N2O4.NO2/c3-1(4)2(5)6;2-1-3/q;+1. The van der Waals surface area contributed by atoms with E-state index in [0.29, 0.717) is 0 Å². The molecule has 0 aromatic heterocycles. The van der Waals surface area contributed by atoms with Crippen molar-refractivity contribution in [3.8, 4) is 0 Å². The van der Waals surface area contributed by atoms with Crippen molar-refractivity contribution in [3.63, 3.8) is 0 Å². The lowest BCUT2D eigenvalue weighted by Crippen LogP contribution is -2.06. The summed E-state index contributed by atoms with van der Waals surface area (Å²) >= 11 is 0. The maximum Gasteiger partial charge on any atom is 0.569 e. The number of nitrogens with zero attached hydrogens (tertiary/aromatic N) is 3. The van der Waals surface area contributed by atoms with Crippen molar-refractivity contribution in [1.82, 2.24) is 5.04 Å². The summed E-state index contributed by atoms with van der Waals surface area (Å²) in [6.07, 6.45) is 0. The van der Waals surface area contributed by atoms with Crippen molar-refractivity contribution in [2.24, 2.45) is 0 Å². The monoisotopic (exact) mass is 138 g/mol. The molecule has 0 aromatic carbocycles. The van der Waals surface area contributed by atoms with Gasteiger partial charge < -0.3 is 0 Å². The fourth-order valence-electron chi connectivity index (χ4n) is 0. The summed E-state index contributed by atoms with van der Waals surface area (Å²) in [5, 5.41) is 15.4. The molecule has 9 heteroatoms. The minimum Gasteiger partial charge on any atom is -0.194 e. The first kappa shape index (κ1) is 10.2. The fourth-order valence-corrected chi connectivity index (χ4v) is 0. The van der Waals surface area contributed by atoms with Crippen LogP contribution in [0, 0.1) is 30.0 Å². The quantitative estimate of drug-likeness (QED) is 0.260. The van der Waals surface area contributed by atoms with Crippen molar-refractivity contribution in [2.75, 3.05) is 0 Å². The van der Waals surface area contributed by atoms with E-state index in [1.807, 2.05) is 0 Å². The van der Waals surface area contributed by atoms with Gasteiger partial charge in [0, 0.05) is 0 Å². The molecule has 0 bridgehead atoms. The van der Waals surface area contributed by atoms with Crippen LogP contribution in [0.25, 0.3) is 0 Å². The zero-order valence-corrected chi connectivity index (χ0v) is 3.79. The van der Waals surface area contributed by atoms with Crippen LogP contribution in [0.2, 0.25) is 0 Å². The van der Waals surface area contributed by atoms with E-state index < -0.39 is 10.1 Å². The second-order valence-corrected chi connectivity index (χ2v) is 0.550. The molecule has 0 rings (SSSR count). The zero-order chi connectivity index (χ0) is 7.86. The molecule has 0 fully saturated rings. The van der Waals surface area contributed by atoms with Crippen LogP contribution in [0.1, 0.15) is 0 Å². The summed E-state index contributed by atoms with van der Waals surface area (Å²) < 4.78 is 0. The maximum atomic E-state index is 8.81. The minimum atomic E-state index is -1.61. The average molecular weight is 138 g/mol. The molecule has 0 amide bonds. The van der Waals surface area contributed by atoms with E-state index in [9.17, 15) is 0 Å². The third kappa shape index (κ3) is 23.2. The molecule has 0 saturated heterocycles. The van der Waals surface area contributed by atoms with E-state index in [1.54, 1.807) is 0 Å². The van der Waals surface area contributed by atoms with Crippen LogP contribution < -0.4 is 5.04 Å². The molecule has 0 aliphatic heterocycles. The van der Waals surface area contributed by atoms with Crippen LogP contribution in [-0.2, 0) is 0 Å². The Hall–Kier alpha value is -1.89. The molecule has 9 heavy (non-hydrogen) atoms. The van der Waals surface area contributed by atoms with Gasteiger partial charge in [0.2, 0.25) is 9.81 Å². The highest BCUT2D eigenvalue weighted by Crippen LogP contribution is 1.61. The topological polar surface area (TPSA) is 135 Å². The van der Waals surface area contributed by atoms with Crippen LogP contribution in [0.5, 0.6) is 0 Å². The third-order valence-electron chi connectivity index (χ3n) is 0.133. The molecule has 0 aliphatic carbocycles. The molecule has 0 atom stereocenters. The summed E-state index contributed by atoms with van der Waals surface area (Å²) in [7, 11) is 0. The lowest BCUT2D eigenvalue weighted by Gasteiger charge is -1.64. The van der Waals surface area contributed by atoms with Gasteiger partial charge in [0.1, 0.15) is 0 Å². The number of nitro groups is 1. The first-order chi connectivity index (χ1) is 4.06. The van der Waals surface area contributed by atoms with Crippen molar-refractivity contribution in [1.29, 1.82) is 0 Å². The van der Waals surface area contributed by atoms with Gasteiger partial charge >= 0.3 is 15.1 Å². The van der Waals surface area contributed by atoms with Crippen molar-refractivity contribution in [3.05, 3.63) is 30.0 Å². The van der Waals surface area contributed by atoms with Gasteiger partial charge in [-0.1, -0.05) is 0 Å². The molecule has 9 nitrogen and oxygen atoms in total. The molecular formula is N3O6+. The Bertz CT molecular complexity index is 128. The van der Waals surface area contributed by atoms with Gasteiger partial charge in [0.15, 0.2) is 0 Å². The van der Waals surface area contributed by atoms with Gasteiger partial charge in [0.25, 0.3) is 0 Å². The lowest BCUT2D eigenvalue weighted by molar-refractivity contribution is -1.08. The normalized spacial score (nSPS) is 5.78. The Kier molecular flexibility index (Phi) is 6.90. The largest absolute Gasteiger partial charge is 0.569 e. The Morgan fingerprint density at radius 3 is 1.11 bits per heavy atom. The lowest BCUT2D eigenvalue weighted by atomic mass is 12.6. The molecule has 0 unspecified atom stereocenters. The van der Waals surface area contributed by atoms with E-state index in [4.69, 9.17) is 30.0 Å². The van der Waals surface area contributed by atoms with Crippen LogP contribution in [-0.4, -0.2) is 10.1 Å². The number of hydrogen-bond donors (Lipinski definition) is 0. The third-order valence-corrected chi connectivity index (χ3v) is 0.133. The van der Waals surface area contributed by atoms with Gasteiger partial charge in [-0.05, 0) is 0 Å². The highest BCUT2D eigenvalue weighted by atomic mass is 16.8. The number of rotatable bonds is 1. The second-order valence-electron chi connectivity index (χ2n) is 0.550. The van der Waals surface area contributed by atoms with Gasteiger partial charge in [-0.25, -0.2) is 0 Å². The number of hydrogen-bond acceptors (Lipinski definition) is 6. The number of hydrazine groups is 1. The van der Waals surface area contributed by atoms with Crippen LogP contribution in [0.15, 0.2) is 0 Å². The van der Waals surface area contributed by atoms with Crippen LogP contribution >= 0.6 is 0 Å². The van der Waals surface area contributed by atoms with E-state index >= 15 is 0 Å². The van der Waals surface area contributed by atoms with Crippen molar-refractivity contribution >= 4 is 0 Å². The van der Waals surface area contributed by atoms with Gasteiger partial charge in [-0.15, -0.1) is 0 Å². The molecule has 0 heterocycles. The molecule has 0 aliphatic rings. The summed E-state index contributed by atoms with van der Waals surface area (Å²) in [5.41, 5.74) is 0. The second kappa shape index (κ2) is 6.11. The van der Waals surface area contributed by atoms with Crippen LogP contribution in [0.4, 0.5) is 0 Å². The Balaban J connectivity index is 0. The predicted molar refractivity (Wildman–Crippen MR) is 22.9 cm³/mol. The Labute approximate surface area is 46.5 Å². The number of nitroso groups, excluding NO2 is 2. The molecule has 0 radical (unpaired) electrons. The van der Waals surface area contributed by atoms with Gasteiger partial charge in [-0.2, -0.15) is 20.2 Å². The van der Waals surface area contributed by atoms with Gasteiger partial charge in [-0.3, -0.25) is 0 Å². The van der Waals surface area contributed by atoms with E-state index in [1.165, 1.54) is 0 Å². The summed E-state index contributed by atoms with van der Waals surface area (Å²) in [4.78, 5) is 33.6. The first-order valence-electron chi connectivity index (χ1n) is 1.30. The summed E-state index contributed by atoms with van der Waals surface area (Å²) in [5.74, 6) is 0. The average Bonchev–Trinajstić information content (AvgIpc) is 1.68. The maximum absolute atomic E-state index is 8.81. The molecule has 0 saturated carbocycles. The highest BCUT2D eigenvalue weighted by Gasteiger charge is 2.06. The SMILES string of the molecule is O=[N+]([O-])[N+](=O)[O-].O=[N+]=O. The molecule has 50 valence electrons. The van der Waals surface area contributed by atoms with E-state index in [0.717, 1.165) is 5.04 Å². The molecule has 0 aromatic rings. The highest BCUT2D eigenvalue weighted by molar-refractivity contribution is 3.93. The van der Waals surface area contributed by atoms with Gasteiger partial charge in [0.05, 0.1) is 0 Å². The first-order valence-corrected chi connectivity index (χ1v) is 1.30. The van der Waals surface area contributed by atoms with E-state index in [-0.39, 0.29) is 0 Å². The zero-order valence-electron chi connectivity index (χ0n) is 3.79. The van der Waals surface area contributed by atoms with E-state index in [2.05, 4.69) is 0 Å². The van der Waals surface area contributed by atoms with Crippen molar-refractivity contribution < 1.29 is 10.1 Å². The van der Waals surface area contributed by atoms with Crippen LogP contribution in [0.3, 0.4) is 0 Å². The molecule has 0 N–H and O–H groups in total. The predicted octanol–water partition coefficient (Wildman–Crippen LogP) is -0.959. The Morgan fingerprint density at radius 1 is 1.00 bits per heavy atom. The minimum absolute atomic E-state index is 1.00. The smallest absolute Gasteiger partial charge is 0.194 e. The molecule has 0 spiro atoms. The molecular weight excluding hydrogens is 138 g/mol.